The van der Waals surface area contributed by atoms with Gasteiger partial charge in [0.25, 0.3) is 0 Å². The van der Waals surface area contributed by atoms with Gasteiger partial charge in [-0.3, -0.25) is 9.59 Å². The van der Waals surface area contributed by atoms with E-state index in [2.05, 4.69) is 13.8 Å². The van der Waals surface area contributed by atoms with Crippen LogP contribution < -0.4 is 0 Å². The van der Waals surface area contributed by atoms with Crippen molar-refractivity contribution in [2.75, 3.05) is 6.61 Å². The van der Waals surface area contributed by atoms with Crippen LogP contribution in [0.3, 0.4) is 0 Å². The molecule has 0 saturated heterocycles. The molecule has 2 aliphatic carbocycles. The predicted molar refractivity (Wildman–Crippen MR) is 64.3 cm³/mol. The minimum absolute atomic E-state index is 0.00741. The largest absolute Gasteiger partial charge is 0.465 e. The van der Waals surface area contributed by atoms with E-state index in [4.69, 9.17) is 4.74 Å². The molecule has 0 radical (unpaired) electrons. The molecule has 0 heterocycles. The third-order valence-corrected chi connectivity index (χ3v) is 4.74. The predicted octanol–water partition coefficient (Wildman–Crippen LogP) is 2.44. The highest BCUT2D eigenvalue weighted by Gasteiger charge is 2.65. The van der Waals surface area contributed by atoms with E-state index in [9.17, 15) is 9.59 Å². The number of carbonyl (C=O) groups is 2. The molecule has 17 heavy (non-hydrogen) atoms. The second-order valence-corrected chi connectivity index (χ2v) is 6.06. The topological polar surface area (TPSA) is 43.4 Å². The smallest absolute Gasteiger partial charge is 0.316 e. The number of ketones is 1. The van der Waals surface area contributed by atoms with Crippen LogP contribution in [0.5, 0.6) is 0 Å². The number of hydrogen-bond donors (Lipinski definition) is 0. The van der Waals surface area contributed by atoms with Crippen molar-refractivity contribution >= 4 is 11.8 Å². The van der Waals surface area contributed by atoms with Crippen LogP contribution in [0.1, 0.15) is 40.5 Å². The third-order valence-electron chi connectivity index (χ3n) is 4.74. The van der Waals surface area contributed by atoms with Gasteiger partial charge in [-0.1, -0.05) is 20.8 Å². The maximum atomic E-state index is 12.3. The van der Waals surface area contributed by atoms with Gasteiger partial charge in [-0.05, 0) is 37.0 Å². The van der Waals surface area contributed by atoms with Crippen LogP contribution in [0, 0.1) is 29.1 Å². The molecular formula is C14H22O3. The molecule has 2 fully saturated rings. The summed E-state index contributed by atoms with van der Waals surface area (Å²) in [5.74, 6) is 0.0265. The normalized spacial score (nSPS) is 39.2. The number of hydrogen-bond acceptors (Lipinski definition) is 3. The highest BCUT2D eigenvalue weighted by atomic mass is 16.5. The van der Waals surface area contributed by atoms with Gasteiger partial charge < -0.3 is 4.74 Å². The first-order valence-corrected chi connectivity index (χ1v) is 6.61. The van der Waals surface area contributed by atoms with E-state index in [1.54, 1.807) is 6.92 Å². The molecule has 4 atom stereocenters. The molecule has 96 valence electrons. The summed E-state index contributed by atoms with van der Waals surface area (Å²) in [4.78, 5) is 24.3. The lowest BCUT2D eigenvalue weighted by Gasteiger charge is -2.19. The zero-order valence-electron chi connectivity index (χ0n) is 11.2. The highest BCUT2D eigenvalue weighted by Crippen LogP contribution is 2.65. The Morgan fingerprint density at radius 2 is 2.06 bits per heavy atom. The molecular weight excluding hydrogens is 216 g/mol. The molecule has 3 nitrogen and oxygen atoms in total. The molecule has 0 aromatic carbocycles. The Bertz CT molecular complexity index is 345. The summed E-state index contributed by atoms with van der Waals surface area (Å²) in [6.07, 6.45) is 1.99. The van der Waals surface area contributed by atoms with Gasteiger partial charge >= 0.3 is 5.97 Å². The van der Waals surface area contributed by atoms with Crippen molar-refractivity contribution in [2.24, 2.45) is 29.1 Å². The lowest BCUT2D eigenvalue weighted by Crippen LogP contribution is -2.32. The summed E-state index contributed by atoms with van der Waals surface area (Å²) in [6, 6.07) is 0. The van der Waals surface area contributed by atoms with Gasteiger partial charge in [0.2, 0.25) is 0 Å². The van der Waals surface area contributed by atoms with Crippen molar-refractivity contribution in [1.82, 2.24) is 0 Å². The van der Waals surface area contributed by atoms with Crippen molar-refractivity contribution in [2.45, 2.75) is 40.5 Å². The summed E-state index contributed by atoms with van der Waals surface area (Å²) >= 11 is 0. The third kappa shape index (κ3) is 1.90. The van der Waals surface area contributed by atoms with E-state index >= 15 is 0 Å². The molecule has 3 heteroatoms. The molecule has 0 N–H and O–H groups in total. The SMILES string of the molecule is CCOC(=O)[C@@H]1C(=O)[C@H](C)CC[C@@H]2[C@H]1C2(C)C. The minimum atomic E-state index is -0.507. The lowest BCUT2D eigenvalue weighted by atomic mass is 9.86. The van der Waals surface area contributed by atoms with Gasteiger partial charge in [0.15, 0.2) is 0 Å². The highest BCUT2D eigenvalue weighted by molar-refractivity contribution is 6.01. The number of carbonyl (C=O) groups excluding carboxylic acids is 2. The van der Waals surface area contributed by atoms with E-state index in [1.165, 1.54) is 0 Å². The molecule has 2 rings (SSSR count). The van der Waals surface area contributed by atoms with Crippen LogP contribution >= 0.6 is 0 Å². The lowest BCUT2D eigenvalue weighted by molar-refractivity contribution is -0.153. The number of fused-ring (bicyclic) bond motifs is 1. The Morgan fingerprint density at radius 1 is 1.41 bits per heavy atom. The molecule has 0 aromatic rings. The Kier molecular flexibility index (Phi) is 3.04. The fraction of sp³-hybridized carbons (Fsp3) is 0.857. The van der Waals surface area contributed by atoms with Gasteiger partial charge in [0.1, 0.15) is 11.7 Å². The average Bonchev–Trinajstić information content (AvgIpc) is 2.81. The molecule has 0 unspecified atom stereocenters. The van der Waals surface area contributed by atoms with Crippen molar-refractivity contribution in [3.8, 4) is 0 Å². The molecule has 0 bridgehead atoms. The van der Waals surface area contributed by atoms with E-state index in [0.29, 0.717) is 12.5 Å². The molecule has 0 amide bonds. The van der Waals surface area contributed by atoms with E-state index in [1.807, 2.05) is 6.92 Å². The second kappa shape index (κ2) is 4.11. The van der Waals surface area contributed by atoms with Crippen LogP contribution in [0.4, 0.5) is 0 Å². The van der Waals surface area contributed by atoms with Crippen LogP contribution in [-0.4, -0.2) is 18.4 Å². The van der Waals surface area contributed by atoms with E-state index < -0.39 is 5.92 Å². The standard InChI is InChI=1S/C14H22O3/c1-5-17-13(16)10-11-9(14(11,3)4)7-6-8(2)12(10)15/h8-11H,5-7H2,1-4H3/t8-,9-,10+,11-/m1/s1. The van der Waals surface area contributed by atoms with Gasteiger partial charge in [-0.25, -0.2) is 0 Å². The van der Waals surface area contributed by atoms with Crippen LogP contribution in [0.15, 0.2) is 0 Å². The quantitative estimate of drug-likeness (QED) is 0.548. The minimum Gasteiger partial charge on any atom is -0.465 e. The second-order valence-electron chi connectivity index (χ2n) is 6.06. The molecule has 0 aliphatic heterocycles. The van der Waals surface area contributed by atoms with Crippen LogP contribution in [0.25, 0.3) is 0 Å². The Morgan fingerprint density at radius 3 is 2.65 bits per heavy atom. The zero-order valence-corrected chi connectivity index (χ0v) is 11.2. The summed E-state index contributed by atoms with van der Waals surface area (Å²) in [5, 5.41) is 0. The molecule has 2 saturated carbocycles. The maximum absolute atomic E-state index is 12.3. The van der Waals surface area contributed by atoms with Crippen LogP contribution in [0.2, 0.25) is 0 Å². The fourth-order valence-corrected chi connectivity index (χ4v) is 3.55. The van der Waals surface area contributed by atoms with Crippen molar-refractivity contribution in [1.29, 1.82) is 0 Å². The average molecular weight is 238 g/mol. The Balaban J connectivity index is 2.24. The number of Topliss-reactive ketones (excluding diaryl/α,β-unsaturated/α-hetero) is 1. The van der Waals surface area contributed by atoms with Gasteiger partial charge in [0, 0.05) is 5.92 Å². The van der Waals surface area contributed by atoms with E-state index in [0.717, 1.165) is 12.8 Å². The molecule has 2 aliphatic rings. The van der Waals surface area contributed by atoms with Crippen molar-refractivity contribution in [3.05, 3.63) is 0 Å². The van der Waals surface area contributed by atoms with Crippen molar-refractivity contribution in [3.63, 3.8) is 0 Å². The summed E-state index contributed by atoms with van der Waals surface area (Å²) < 4.78 is 5.09. The summed E-state index contributed by atoms with van der Waals surface area (Å²) in [7, 11) is 0. The van der Waals surface area contributed by atoms with Crippen LogP contribution in [-0.2, 0) is 14.3 Å². The zero-order chi connectivity index (χ0) is 12.8. The van der Waals surface area contributed by atoms with Crippen molar-refractivity contribution < 1.29 is 14.3 Å². The Hall–Kier alpha value is -0.860. The first-order chi connectivity index (χ1) is 7.91. The first-order valence-electron chi connectivity index (χ1n) is 6.61. The first kappa shape index (κ1) is 12.6. The molecule has 0 spiro atoms. The summed E-state index contributed by atoms with van der Waals surface area (Å²) in [6.45, 7) is 8.41. The van der Waals surface area contributed by atoms with Gasteiger partial charge in [-0.2, -0.15) is 0 Å². The van der Waals surface area contributed by atoms with Gasteiger partial charge in [0.05, 0.1) is 6.61 Å². The van der Waals surface area contributed by atoms with Gasteiger partial charge in [-0.15, -0.1) is 0 Å². The molecule has 0 aromatic heterocycles. The summed E-state index contributed by atoms with van der Waals surface area (Å²) in [5.41, 5.74) is 0.132. The maximum Gasteiger partial charge on any atom is 0.316 e. The monoisotopic (exact) mass is 238 g/mol. The number of rotatable bonds is 2. The fourth-order valence-electron chi connectivity index (χ4n) is 3.55. The Labute approximate surface area is 103 Å². The number of esters is 1. The van der Waals surface area contributed by atoms with E-state index in [-0.39, 0.29) is 29.0 Å². The number of ether oxygens (including phenoxy) is 1.